The first-order valence-corrected chi connectivity index (χ1v) is 13.0. The molecule has 1 aromatic rings. The molecule has 16 heteroatoms. The summed E-state index contributed by atoms with van der Waals surface area (Å²) in [4.78, 5) is 27.6. The first-order valence-electron chi connectivity index (χ1n) is 13.0. The van der Waals surface area contributed by atoms with Gasteiger partial charge in [-0.15, -0.1) is 0 Å². The van der Waals surface area contributed by atoms with Gasteiger partial charge < -0.3 is 70.8 Å². The average molecular weight is 613 g/mol. The summed E-state index contributed by atoms with van der Waals surface area (Å²) < 4.78 is 10.6. The summed E-state index contributed by atoms with van der Waals surface area (Å²) in [5.41, 5.74) is -5.62. The van der Waals surface area contributed by atoms with Crippen molar-refractivity contribution in [2.75, 3.05) is 13.2 Å². The van der Waals surface area contributed by atoms with Crippen LogP contribution in [0.1, 0.15) is 5.56 Å². The number of aromatic hydroxyl groups is 1. The number of phenolic OH excluding ortho intramolecular Hbond substituents is 1. The zero-order chi connectivity index (χ0) is 32.0. The van der Waals surface area contributed by atoms with Gasteiger partial charge in [0.25, 0.3) is 0 Å². The van der Waals surface area contributed by atoms with Gasteiger partial charge in [-0.3, -0.25) is 9.59 Å². The van der Waals surface area contributed by atoms with Crippen LogP contribution in [0.4, 0.5) is 0 Å². The van der Waals surface area contributed by atoms with E-state index >= 15 is 0 Å². The molecule has 2 saturated heterocycles. The topological polar surface area (TPSA) is 295 Å². The van der Waals surface area contributed by atoms with Gasteiger partial charge in [-0.25, -0.2) is 0 Å². The first-order chi connectivity index (χ1) is 20.2. The lowest BCUT2D eigenvalue weighted by Crippen LogP contribution is -2.72. The van der Waals surface area contributed by atoms with Crippen LogP contribution in [0.2, 0.25) is 0 Å². The number of Topliss-reactive ketones (excluding diaryl/α,β-unsaturated/α-hetero) is 2. The van der Waals surface area contributed by atoms with Crippen molar-refractivity contribution in [1.29, 1.82) is 0 Å². The van der Waals surface area contributed by atoms with Crippen molar-refractivity contribution in [2.24, 2.45) is 0 Å². The summed E-state index contributed by atoms with van der Waals surface area (Å²) in [5.74, 6) is -6.12. The van der Waals surface area contributed by atoms with Crippen LogP contribution in [0, 0.1) is 0 Å². The van der Waals surface area contributed by atoms with Gasteiger partial charge in [0.1, 0.15) is 83.9 Å². The smallest absolute Gasteiger partial charge is 0.219 e. The highest BCUT2D eigenvalue weighted by atomic mass is 16.6. The maximum atomic E-state index is 13.9. The summed E-state index contributed by atoms with van der Waals surface area (Å²) in [6, 6.07) is 5.38. The van der Waals surface area contributed by atoms with Gasteiger partial charge >= 0.3 is 0 Å². The number of aliphatic hydroxyl groups excluding tert-OH is 10. The molecule has 1 aliphatic carbocycles. The number of carbonyl (C=O) groups excluding carboxylic acids is 2. The van der Waals surface area contributed by atoms with E-state index in [1.165, 1.54) is 30.3 Å². The Morgan fingerprint density at radius 2 is 1.30 bits per heavy atom. The van der Waals surface area contributed by atoms with Crippen LogP contribution in [0.5, 0.6) is 5.75 Å². The molecule has 0 radical (unpaired) electrons. The Kier molecular flexibility index (Phi) is 9.41. The molecule has 1 aromatic carbocycles. The predicted octanol–water partition coefficient (Wildman–Crippen LogP) is -4.40. The summed E-state index contributed by atoms with van der Waals surface area (Å²) in [5, 5.41) is 125. The summed E-state index contributed by atoms with van der Waals surface area (Å²) in [6.45, 7) is -1.99. The third-order valence-electron chi connectivity index (χ3n) is 7.72. The zero-order valence-electron chi connectivity index (χ0n) is 22.2. The fourth-order valence-corrected chi connectivity index (χ4v) is 5.24. The third kappa shape index (κ3) is 5.47. The fraction of sp³-hybridized carbons (Fsp3) is 0.481. The lowest BCUT2D eigenvalue weighted by Gasteiger charge is -2.48. The molecule has 236 valence electrons. The minimum atomic E-state index is -3.63. The van der Waals surface area contributed by atoms with E-state index in [2.05, 4.69) is 0 Å². The molecule has 0 unspecified atom stereocenters. The van der Waals surface area contributed by atoms with Gasteiger partial charge in [0.05, 0.1) is 18.8 Å². The highest BCUT2D eigenvalue weighted by Crippen LogP contribution is 2.42. The van der Waals surface area contributed by atoms with E-state index in [0.29, 0.717) is 5.56 Å². The number of allylic oxidation sites excluding steroid dienone is 2. The molecule has 16 nitrogen and oxygen atoms in total. The molecule has 2 heterocycles. The summed E-state index contributed by atoms with van der Waals surface area (Å²) in [7, 11) is 0. The molecule has 0 spiro atoms. The molecule has 12 N–H and O–H groups in total. The minimum Gasteiger partial charge on any atom is -0.508 e. The van der Waals surface area contributed by atoms with Gasteiger partial charge in [0.2, 0.25) is 17.2 Å². The van der Waals surface area contributed by atoms with Crippen LogP contribution < -0.4 is 0 Å². The Labute approximate surface area is 242 Å². The van der Waals surface area contributed by atoms with Crippen molar-refractivity contribution in [3.63, 3.8) is 0 Å². The van der Waals surface area contributed by atoms with Gasteiger partial charge in [-0.1, -0.05) is 18.2 Å². The maximum Gasteiger partial charge on any atom is 0.219 e. The van der Waals surface area contributed by atoms with Gasteiger partial charge in [0.15, 0.2) is 0 Å². The fourth-order valence-electron chi connectivity index (χ4n) is 5.24. The number of ketones is 2. The van der Waals surface area contributed by atoms with Crippen molar-refractivity contribution < 1.29 is 80.3 Å². The van der Waals surface area contributed by atoms with Crippen LogP contribution in [0.3, 0.4) is 0 Å². The number of phenols is 1. The van der Waals surface area contributed by atoms with Crippen LogP contribution in [-0.4, -0.2) is 153 Å². The normalized spacial score (nSPS) is 40.3. The highest BCUT2D eigenvalue weighted by molar-refractivity contribution is 6.28. The molecule has 0 amide bonds. The van der Waals surface area contributed by atoms with E-state index in [-0.39, 0.29) is 5.75 Å². The minimum absolute atomic E-state index is 0.0879. The Morgan fingerprint density at radius 3 is 1.86 bits per heavy atom. The van der Waals surface area contributed by atoms with Gasteiger partial charge in [0, 0.05) is 0 Å². The number of hydrogen-bond acceptors (Lipinski definition) is 16. The largest absolute Gasteiger partial charge is 0.508 e. The van der Waals surface area contributed by atoms with E-state index in [1.807, 2.05) is 0 Å². The van der Waals surface area contributed by atoms with Crippen LogP contribution in [-0.2, 0) is 19.1 Å². The lowest BCUT2D eigenvalue weighted by atomic mass is 9.69. The van der Waals surface area contributed by atoms with E-state index in [1.54, 1.807) is 0 Å². The maximum absolute atomic E-state index is 13.9. The molecule has 4 rings (SSSR count). The Balaban J connectivity index is 1.92. The standard InChI is InChI=1S/C27H32O16/c28-7-12-16(32)19(35)21(37)23(42-12)15-18(34)14(11(31)6-3-9-1-4-10(30)5-2-9)24(39)27(41,25(15)40)26-22(38)20(36)17(33)13(8-29)43-26/h1-6,12-13,16-17,19-23,26,28-38,41H,7-8H2/t12-,13-,16-,17-,19+,20+,21-,22-,23+,26-,27-/m1/s1. The third-order valence-corrected chi connectivity index (χ3v) is 7.72. The van der Waals surface area contributed by atoms with Crippen LogP contribution >= 0.6 is 0 Å². The van der Waals surface area contributed by atoms with Crippen molar-refractivity contribution in [1.82, 2.24) is 0 Å². The van der Waals surface area contributed by atoms with Crippen molar-refractivity contribution in [3.05, 3.63) is 58.6 Å². The monoisotopic (exact) mass is 612 g/mol. The number of ether oxygens (including phenoxy) is 2. The second-order valence-corrected chi connectivity index (χ2v) is 10.4. The molecule has 2 fully saturated rings. The van der Waals surface area contributed by atoms with E-state index in [9.17, 15) is 70.9 Å². The molecular formula is C27H32O16. The molecule has 0 bridgehead atoms. The van der Waals surface area contributed by atoms with Crippen molar-refractivity contribution in [2.45, 2.75) is 66.6 Å². The van der Waals surface area contributed by atoms with Crippen molar-refractivity contribution in [3.8, 4) is 5.75 Å². The SMILES string of the molecule is O=C1C(=C(O)C=Cc2ccc(O)cc2)C(O)=C([C@@H]2O[C@H](CO)[C@@H](O)[C@H](O)[C@H]2O)C(=O)[C@@]1(O)[C@@H]1O[C@H](CO)[C@@H](O)[C@H](O)[C@H]1O. The Morgan fingerprint density at radius 1 is 0.767 bits per heavy atom. The van der Waals surface area contributed by atoms with Gasteiger partial charge in [-0.05, 0) is 23.8 Å². The summed E-state index contributed by atoms with van der Waals surface area (Å²) >= 11 is 0. The highest BCUT2D eigenvalue weighted by Gasteiger charge is 2.65. The van der Waals surface area contributed by atoms with E-state index in [4.69, 9.17) is 9.47 Å². The number of benzene rings is 1. The molecule has 43 heavy (non-hydrogen) atoms. The molecular weight excluding hydrogens is 580 g/mol. The molecule has 0 saturated carbocycles. The van der Waals surface area contributed by atoms with E-state index < -0.39 is 114 Å². The number of aliphatic hydroxyl groups is 11. The zero-order valence-corrected chi connectivity index (χ0v) is 22.2. The predicted molar refractivity (Wildman–Crippen MR) is 139 cm³/mol. The van der Waals surface area contributed by atoms with Crippen molar-refractivity contribution >= 4 is 17.6 Å². The quantitative estimate of drug-likeness (QED) is 0.0820. The Hall–Kier alpha value is -3.26. The molecule has 3 aliphatic rings. The number of rotatable bonds is 6. The average Bonchev–Trinajstić information content (AvgIpc) is 2.98. The van der Waals surface area contributed by atoms with Crippen LogP contribution in [0.15, 0.2) is 53.0 Å². The van der Waals surface area contributed by atoms with Crippen LogP contribution in [0.25, 0.3) is 6.08 Å². The number of carbonyl (C=O) groups is 2. The second kappa shape index (κ2) is 12.4. The first kappa shape index (κ1) is 32.6. The van der Waals surface area contributed by atoms with Gasteiger partial charge in [-0.2, -0.15) is 0 Å². The van der Waals surface area contributed by atoms with E-state index in [0.717, 1.165) is 6.08 Å². The summed E-state index contributed by atoms with van der Waals surface area (Å²) in [6.07, 6.45) is -18.7. The molecule has 0 aromatic heterocycles. The lowest BCUT2D eigenvalue weighted by molar-refractivity contribution is -0.261. The second-order valence-electron chi connectivity index (χ2n) is 10.4. The molecule has 11 atom stereocenters. The number of hydrogen-bond donors (Lipinski definition) is 12. The molecule has 2 aliphatic heterocycles. The Bertz CT molecular complexity index is 1320.